The van der Waals surface area contributed by atoms with Gasteiger partial charge in [-0.2, -0.15) is 0 Å². The Bertz CT molecular complexity index is 881. The van der Waals surface area contributed by atoms with Crippen molar-refractivity contribution < 1.29 is 23.6 Å². The van der Waals surface area contributed by atoms with Crippen LogP contribution in [0.25, 0.3) is 6.08 Å². The number of aromatic nitrogens is 1. The van der Waals surface area contributed by atoms with Gasteiger partial charge in [0.05, 0.1) is 24.9 Å². The average molecular weight is 415 g/mol. The van der Waals surface area contributed by atoms with Crippen molar-refractivity contribution in [2.75, 3.05) is 26.7 Å². The van der Waals surface area contributed by atoms with Gasteiger partial charge in [0.2, 0.25) is 11.8 Å². The zero-order valence-electron chi connectivity index (χ0n) is 18.2. The smallest absolute Gasteiger partial charge is 0.244 e. The number of ether oxygens (including phenoxy) is 2. The number of hydrogen-bond acceptors (Lipinski definition) is 6. The minimum Gasteiger partial charge on any atom is -0.493 e. The van der Waals surface area contributed by atoms with E-state index in [0.717, 1.165) is 22.6 Å². The Labute approximate surface area is 176 Å². The Morgan fingerprint density at radius 1 is 1.20 bits per heavy atom. The molecule has 0 aliphatic heterocycles. The molecular formula is C22H29N3O5. The lowest BCUT2D eigenvalue weighted by Gasteiger charge is -2.18. The van der Waals surface area contributed by atoms with Crippen LogP contribution in [0.4, 0.5) is 0 Å². The molecule has 30 heavy (non-hydrogen) atoms. The van der Waals surface area contributed by atoms with E-state index in [-0.39, 0.29) is 18.4 Å². The highest BCUT2D eigenvalue weighted by Crippen LogP contribution is 2.30. The van der Waals surface area contributed by atoms with E-state index in [9.17, 15) is 9.59 Å². The standard InChI is InChI=1S/C22H29N3O5/c1-6-25(7-2)22(27)13-23-21(26)11-9-17-8-10-19(20(12-17)28-5)29-14-18-15(3)24-30-16(18)4/h8-12H,6-7,13-14H2,1-5H3,(H,23,26)/b11-9+. The summed E-state index contributed by atoms with van der Waals surface area (Å²) in [5.74, 6) is 1.39. The largest absolute Gasteiger partial charge is 0.493 e. The van der Waals surface area contributed by atoms with Crippen molar-refractivity contribution in [3.8, 4) is 11.5 Å². The van der Waals surface area contributed by atoms with Crippen molar-refractivity contribution in [3.05, 3.63) is 46.9 Å². The zero-order valence-corrected chi connectivity index (χ0v) is 18.2. The van der Waals surface area contributed by atoms with E-state index in [1.165, 1.54) is 6.08 Å². The monoisotopic (exact) mass is 415 g/mol. The first kappa shape index (κ1) is 23.0. The second-order valence-corrected chi connectivity index (χ2v) is 6.62. The van der Waals surface area contributed by atoms with Gasteiger partial charge in [-0.1, -0.05) is 11.2 Å². The van der Waals surface area contributed by atoms with E-state index >= 15 is 0 Å². The quantitative estimate of drug-likeness (QED) is 0.600. The van der Waals surface area contributed by atoms with E-state index in [2.05, 4.69) is 10.5 Å². The molecule has 0 aliphatic carbocycles. The third-order valence-electron chi connectivity index (χ3n) is 4.70. The number of rotatable bonds is 10. The van der Waals surface area contributed by atoms with Crippen molar-refractivity contribution in [3.63, 3.8) is 0 Å². The molecule has 1 N–H and O–H groups in total. The summed E-state index contributed by atoms with van der Waals surface area (Å²) < 4.78 is 16.4. The van der Waals surface area contributed by atoms with Crippen LogP contribution in [0.5, 0.6) is 11.5 Å². The predicted molar refractivity (Wildman–Crippen MR) is 113 cm³/mol. The maximum absolute atomic E-state index is 12.0. The van der Waals surface area contributed by atoms with E-state index in [4.69, 9.17) is 14.0 Å². The summed E-state index contributed by atoms with van der Waals surface area (Å²) in [5.41, 5.74) is 2.45. The van der Waals surface area contributed by atoms with Crippen LogP contribution in [0.3, 0.4) is 0 Å². The van der Waals surface area contributed by atoms with Gasteiger partial charge in [-0.15, -0.1) is 0 Å². The molecule has 0 fully saturated rings. The highest BCUT2D eigenvalue weighted by Gasteiger charge is 2.12. The predicted octanol–water partition coefficient (Wildman–Crippen LogP) is 2.88. The minimum atomic E-state index is -0.340. The Kier molecular flexibility index (Phi) is 8.46. The topological polar surface area (TPSA) is 93.9 Å². The molecular weight excluding hydrogens is 386 g/mol. The lowest BCUT2D eigenvalue weighted by molar-refractivity contribution is -0.131. The normalized spacial score (nSPS) is 10.8. The fourth-order valence-corrected chi connectivity index (χ4v) is 2.85. The Morgan fingerprint density at radius 2 is 1.93 bits per heavy atom. The summed E-state index contributed by atoms with van der Waals surface area (Å²) in [5, 5.41) is 6.51. The van der Waals surface area contributed by atoms with Gasteiger partial charge in [0.15, 0.2) is 11.5 Å². The number of hydrogen-bond donors (Lipinski definition) is 1. The molecule has 0 spiro atoms. The summed E-state index contributed by atoms with van der Waals surface area (Å²) in [6.07, 6.45) is 3.03. The molecule has 0 bridgehead atoms. The lowest BCUT2D eigenvalue weighted by Crippen LogP contribution is -2.39. The number of carbonyl (C=O) groups is 2. The molecule has 0 unspecified atom stereocenters. The van der Waals surface area contributed by atoms with E-state index in [0.29, 0.717) is 31.2 Å². The molecule has 2 rings (SSSR count). The molecule has 2 aromatic rings. The second-order valence-electron chi connectivity index (χ2n) is 6.62. The first-order valence-corrected chi connectivity index (χ1v) is 9.85. The van der Waals surface area contributed by atoms with Crippen LogP contribution in [0, 0.1) is 13.8 Å². The average Bonchev–Trinajstić information content (AvgIpc) is 3.07. The molecule has 0 atom stereocenters. The maximum atomic E-state index is 12.0. The maximum Gasteiger partial charge on any atom is 0.244 e. The Morgan fingerprint density at radius 3 is 2.53 bits per heavy atom. The molecule has 0 saturated carbocycles. The highest BCUT2D eigenvalue weighted by molar-refractivity contribution is 5.94. The van der Waals surface area contributed by atoms with Gasteiger partial charge in [0.25, 0.3) is 0 Å². The number of nitrogens with zero attached hydrogens (tertiary/aromatic N) is 2. The van der Waals surface area contributed by atoms with E-state index in [1.807, 2.05) is 33.8 Å². The molecule has 1 aromatic heterocycles. The van der Waals surface area contributed by atoms with Crippen LogP contribution in [0.2, 0.25) is 0 Å². The first-order valence-electron chi connectivity index (χ1n) is 9.85. The number of benzene rings is 1. The fourth-order valence-electron chi connectivity index (χ4n) is 2.85. The van der Waals surface area contributed by atoms with Crippen molar-refractivity contribution in [2.45, 2.75) is 34.3 Å². The molecule has 1 aromatic carbocycles. The number of methoxy groups -OCH3 is 1. The molecule has 0 aliphatic rings. The van der Waals surface area contributed by atoms with Gasteiger partial charge < -0.3 is 24.2 Å². The molecule has 8 heteroatoms. The van der Waals surface area contributed by atoms with Gasteiger partial charge in [-0.05, 0) is 51.5 Å². The molecule has 1 heterocycles. The Hall–Kier alpha value is -3.29. The summed E-state index contributed by atoms with van der Waals surface area (Å²) in [7, 11) is 1.55. The zero-order chi connectivity index (χ0) is 22.1. The number of amides is 2. The summed E-state index contributed by atoms with van der Waals surface area (Å²) >= 11 is 0. The van der Waals surface area contributed by atoms with Crippen molar-refractivity contribution >= 4 is 17.9 Å². The van der Waals surface area contributed by atoms with E-state index < -0.39 is 0 Å². The number of likely N-dealkylation sites (N-methyl/N-ethyl adjacent to an activating group) is 1. The fraction of sp³-hybridized carbons (Fsp3) is 0.409. The van der Waals surface area contributed by atoms with Crippen molar-refractivity contribution in [2.24, 2.45) is 0 Å². The summed E-state index contributed by atoms with van der Waals surface area (Å²) in [4.78, 5) is 25.6. The van der Waals surface area contributed by atoms with Crippen LogP contribution in [-0.2, 0) is 16.2 Å². The number of carbonyl (C=O) groups excluding carboxylic acids is 2. The summed E-state index contributed by atoms with van der Waals surface area (Å²) in [6, 6.07) is 5.36. The van der Waals surface area contributed by atoms with Crippen LogP contribution < -0.4 is 14.8 Å². The molecule has 0 saturated heterocycles. The second kappa shape index (κ2) is 11.0. The first-order chi connectivity index (χ1) is 14.4. The van der Waals surface area contributed by atoms with Crippen LogP contribution in [0.1, 0.15) is 36.4 Å². The van der Waals surface area contributed by atoms with Crippen LogP contribution >= 0.6 is 0 Å². The highest BCUT2D eigenvalue weighted by atomic mass is 16.5. The van der Waals surface area contributed by atoms with Gasteiger partial charge in [0, 0.05) is 19.2 Å². The number of nitrogens with one attached hydrogen (secondary N) is 1. The SMILES string of the molecule is CCN(CC)C(=O)CNC(=O)/C=C/c1ccc(OCc2c(C)noc2C)c(OC)c1. The molecule has 0 radical (unpaired) electrons. The minimum absolute atomic E-state index is 0.0251. The third-order valence-corrected chi connectivity index (χ3v) is 4.70. The van der Waals surface area contributed by atoms with Gasteiger partial charge in [-0.25, -0.2) is 0 Å². The molecule has 8 nitrogen and oxygen atoms in total. The van der Waals surface area contributed by atoms with Crippen LogP contribution in [0.15, 0.2) is 28.8 Å². The number of aryl methyl sites for hydroxylation is 2. The van der Waals surface area contributed by atoms with Crippen molar-refractivity contribution in [1.82, 2.24) is 15.4 Å². The molecule has 162 valence electrons. The summed E-state index contributed by atoms with van der Waals surface area (Å²) in [6.45, 7) is 9.03. The Balaban J connectivity index is 1.96. The van der Waals surface area contributed by atoms with E-state index in [1.54, 1.807) is 30.2 Å². The van der Waals surface area contributed by atoms with Crippen molar-refractivity contribution in [1.29, 1.82) is 0 Å². The van der Waals surface area contributed by atoms with Crippen LogP contribution in [-0.4, -0.2) is 48.6 Å². The lowest BCUT2D eigenvalue weighted by atomic mass is 10.2. The molecule has 2 amide bonds. The van der Waals surface area contributed by atoms with Gasteiger partial charge in [-0.3, -0.25) is 9.59 Å². The third kappa shape index (κ3) is 6.10. The van der Waals surface area contributed by atoms with Gasteiger partial charge in [0.1, 0.15) is 12.4 Å². The van der Waals surface area contributed by atoms with Gasteiger partial charge >= 0.3 is 0 Å².